The molecule has 15 heavy (non-hydrogen) atoms. The molecule has 0 aliphatic carbocycles. The van der Waals surface area contributed by atoms with Gasteiger partial charge in [-0.25, -0.2) is 4.98 Å². The van der Waals surface area contributed by atoms with Gasteiger partial charge in [-0.1, -0.05) is 18.2 Å². The fraction of sp³-hybridized carbons (Fsp3) is 0.250. The summed E-state index contributed by atoms with van der Waals surface area (Å²) < 4.78 is 0. The van der Waals surface area contributed by atoms with Crippen molar-refractivity contribution < 1.29 is 5.11 Å². The van der Waals surface area contributed by atoms with Crippen LogP contribution in [0.5, 0.6) is 0 Å². The van der Waals surface area contributed by atoms with Crippen LogP contribution in [0.1, 0.15) is 19.4 Å². The number of imidazole rings is 1. The minimum Gasteiger partial charge on any atom is -0.386 e. The van der Waals surface area contributed by atoms with Crippen LogP contribution in [0.15, 0.2) is 30.5 Å². The molecule has 0 bridgehead atoms. The third kappa shape index (κ3) is 2.07. The molecule has 0 saturated carbocycles. The zero-order valence-corrected chi connectivity index (χ0v) is 8.78. The van der Waals surface area contributed by atoms with Gasteiger partial charge in [0.05, 0.1) is 5.60 Å². The Hall–Kier alpha value is -1.61. The molecule has 3 nitrogen and oxygen atoms in total. The molecule has 2 N–H and O–H groups in total. The SMILES string of the molecule is CC(C)(O)c1cccc(-c2n[c]c[nH]2)c1. The summed E-state index contributed by atoms with van der Waals surface area (Å²) in [7, 11) is 0. The van der Waals surface area contributed by atoms with Gasteiger partial charge >= 0.3 is 0 Å². The summed E-state index contributed by atoms with van der Waals surface area (Å²) in [6, 6.07) is 7.68. The van der Waals surface area contributed by atoms with Crippen LogP contribution in [-0.4, -0.2) is 15.1 Å². The summed E-state index contributed by atoms with van der Waals surface area (Å²) in [6.45, 7) is 3.53. The van der Waals surface area contributed by atoms with Crippen molar-refractivity contribution in [3.63, 3.8) is 0 Å². The van der Waals surface area contributed by atoms with Crippen molar-refractivity contribution in [1.29, 1.82) is 0 Å². The molecule has 1 aromatic heterocycles. The molecule has 1 aromatic carbocycles. The highest BCUT2D eigenvalue weighted by Crippen LogP contribution is 2.23. The molecule has 0 amide bonds. The fourth-order valence-corrected chi connectivity index (χ4v) is 1.42. The number of hydrogen-bond acceptors (Lipinski definition) is 2. The number of benzene rings is 1. The zero-order chi connectivity index (χ0) is 10.9. The lowest BCUT2D eigenvalue weighted by Crippen LogP contribution is -2.15. The summed E-state index contributed by atoms with van der Waals surface area (Å²) in [5.41, 5.74) is 0.999. The van der Waals surface area contributed by atoms with Crippen molar-refractivity contribution in [2.45, 2.75) is 19.4 Å². The van der Waals surface area contributed by atoms with E-state index in [-0.39, 0.29) is 0 Å². The Kier molecular flexibility index (Phi) is 2.32. The first-order valence-electron chi connectivity index (χ1n) is 4.82. The van der Waals surface area contributed by atoms with Gasteiger partial charge in [0.15, 0.2) is 0 Å². The van der Waals surface area contributed by atoms with Gasteiger partial charge in [0.25, 0.3) is 0 Å². The molecule has 0 aliphatic rings. The Bertz CT molecular complexity index is 441. The number of H-pyrrole nitrogens is 1. The topological polar surface area (TPSA) is 48.9 Å². The molecular formula is C12H13N2O. The van der Waals surface area contributed by atoms with E-state index in [1.807, 2.05) is 24.3 Å². The first kappa shape index (κ1) is 9.93. The van der Waals surface area contributed by atoms with E-state index in [1.165, 1.54) is 0 Å². The summed E-state index contributed by atoms with van der Waals surface area (Å²) >= 11 is 0. The fourth-order valence-electron chi connectivity index (χ4n) is 1.42. The van der Waals surface area contributed by atoms with Gasteiger partial charge in [-0.05, 0) is 25.5 Å². The molecular weight excluding hydrogens is 188 g/mol. The highest BCUT2D eigenvalue weighted by Gasteiger charge is 2.16. The molecule has 0 aliphatic heterocycles. The molecule has 0 unspecified atom stereocenters. The van der Waals surface area contributed by atoms with E-state index in [1.54, 1.807) is 20.0 Å². The number of aromatic nitrogens is 2. The average Bonchev–Trinajstić information content (AvgIpc) is 2.69. The number of hydrogen-bond donors (Lipinski definition) is 2. The standard InChI is InChI=1S/C12H13N2O/c1-12(2,15)10-5-3-4-9(8-10)11-13-6-7-14-11/h3-6,8,15H,1-2H3,(H,13,14). The number of nitrogens with one attached hydrogen (secondary N) is 1. The molecule has 0 spiro atoms. The third-order valence-electron chi connectivity index (χ3n) is 2.29. The summed E-state index contributed by atoms with van der Waals surface area (Å²) in [6.07, 6.45) is 4.38. The number of aromatic amines is 1. The van der Waals surface area contributed by atoms with Gasteiger partial charge in [0.1, 0.15) is 12.0 Å². The maximum atomic E-state index is 9.87. The molecule has 1 heterocycles. The van der Waals surface area contributed by atoms with Crippen molar-refractivity contribution in [2.24, 2.45) is 0 Å². The van der Waals surface area contributed by atoms with Gasteiger partial charge in [-0.3, -0.25) is 0 Å². The minimum absolute atomic E-state index is 0.765. The van der Waals surface area contributed by atoms with Gasteiger partial charge in [-0.2, -0.15) is 0 Å². The third-order valence-corrected chi connectivity index (χ3v) is 2.29. The first-order valence-corrected chi connectivity index (χ1v) is 4.82. The molecule has 3 heteroatoms. The summed E-state index contributed by atoms with van der Waals surface area (Å²) in [5, 5.41) is 9.87. The second kappa shape index (κ2) is 3.51. The Morgan fingerprint density at radius 3 is 2.80 bits per heavy atom. The molecule has 2 rings (SSSR count). The lowest BCUT2D eigenvalue weighted by molar-refractivity contribution is 0.0786. The lowest BCUT2D eigenvalue weighted by atomic mass is 9.96. The smallest absolute Gasteiger partial charge is 0.138 e. The van der Waals surface area contributed by atoms with Crippen molar-refractivity contribution in [3.8, 4) is 11.4 Å². The maximum absolute atomic E-state index is 9.87. The molecule has 1 radical (unpaired) electrons. The van der Waals surface area contributed by atoms with Crippen LogP contribution in [0.2, 0.25) is 0 Å². The van der Waals surface area contributed by atoms with E-state index in [0.717, 1.165) is 17.0 Å². The van der Waals surface area contributed by atoms with Crippen LogP contribution < -0.4 is 0 Å². The number of nitrogens with zero attached hydrogens (tertiary/aromatic N) is 1. The van der Waals surface area contributed by atoms with Crippen molar-refractivity contribution >= 4 is 0 Å². The van der Waals surface area contributed by atoms with E-state index < -0.39 is 5.60 Å². The maximum Gasteiger partial charge on any atom is 0.138 e. The van der Waals surface area contributed by atoms with Crippen LogP contribution in [0.4, 0.5) is 0 Å². The average molecular weight is 201 g/mol. The van der Waals surface area contributed by atoms with Crippen LogP contribution >= 0.6 is 0 Å². The lowest BCUT2D eigenvalue weighted by Gasteiger charge is -2.18. The molecule has 0 saturated heterocycles. The molecule has 0 fully saturated rings. The second-order valence-electron chi connectivity index (χ2n) is 4.02. The minimum atomic E-state index is -0.827. The normalized spacial score (nSPS) is 11.7. The Balaban J connectivity index is 2.44. The van der Waals surface area contributed by atoms with Crippen LogP contribution in [0.25, 0.3) is 11.4 Å². The van der Waals surface area contributed by atoms with Gasteiger partial charge in [-0.15, -0.1) is 0 Å². The first-order chi connectivity index (χ1) is 7.07. The second-order valence-corrected chi connectivity index (χ2v) is 4.02. The zero-order valence-electron chi connectivity index (χ0n) is 8.78. The van der Waals surface area contributed by atoms with Crippen molar-refractivity contribution in [2.75, 3.05) is 0 Å². The van der Waals surface area contributed by atoms with E-state index in [0.29, 0.717) is 0 Å². The van der Waals surface area contributed by atoms with Gasteiger partial charge in [0.2, 0.25) is 0 Å². The van der Waals surface area contributed by atoms with Crippen LogP contribution in [0, 0.1) is 6.20 Å². The summed E-state index contributed by atoms with van der Waals surface area (Å²) in [4.78, 5) is 7.03. The monoisotopic (exact) mass is 201 g/mol. The Morgan fingerprint density at radius 2 is 2.20 bits per heavy atom. The quantitative estimate of drug-likeness (QED) is 0.781. The van der Waals surface area contributed by atoms with E-state index in [2.05, 4.69) is 16.2 Å². The molecule has 0 atom stereocenters. The van der Waals surface area contributed by atoms with Crippen LogP contribution in [-0.2, 0) is 5.60 Å². The Labute approximate surface area is 88.8 Å². The highest BCUT2D eigenvalue weighted by molar-refractivity contribution is 5.56. The molecule has 77 valence electrons. The number of rotatable bonds is 2. The van der Waals surface area contributed by atoms with Crippen molar-refractivity contribution in [3.05, 3.63) is 42.2 Å². The summed E-state index contributed by atoms with van der Waals surface area (Å²) in [5.74, 6) is 0.765. The van der Waals surface area contributed by atoms with Gasteiger partial charge < -0.3 is 10.1 Å². The number of aliphatic hydroxyl groups is 1. The highest BCUT2D eigenvalue weighted by atomic mass is 16.3. The predicted molar refractivity (Wildman–Crippen MR) is 58.1 cm³/mol. The Morgan fingerprint density at radius 1 is 1.40 bits per heavy atom. The van der Waals surface area contributed by atoms with Crippen molar-refractivity contribution in [1.82, 2.24) is 9.97 Å². The largest absolute Gasteiger partial charge is 0.386 e. The molecule has 2 aromatic rings. The van der Waals surface area contributed by atoms with Crippen LogP contribution in [0.3, 0.4) is 0 Å². The predicted octanol–water partition coefficient (Wildman–Crippen LogP) is 2.10. The van der Waals surface area contributed by atoms with E-state index in [9.17, 15) is 5.11 Å². The van der Waals surface area contributed by atoms with E-state index >= 15 is 0 Å². The van der Waals surface area contributed by atoms with E-state index in [4.69, 9.17) is 0 Å². The van der Waals surface area contributed by atoms with Gasteiger partial charge in [0, 0.05) is 11.8 Å².